The summed E-state index contributed by atoms with van der Waals surface area (Å²) in [7, 11) is 8.40. The highest BCUT2D eigenvalue weighted by molar-refractivity contribution is 8.07. The first-order valence-corrected chi connectivity index (χ1v) is 19.5. The minimum atomic E-state index is -2.75. The number of likely N-dealkylation sites (N-methyl/N-ethyl adjacent to an activating group) is 4. The number of hydrogen-bond acceptors (Lipinski definition) is 14. The van der Waals surface area contributed by atoms with E-state index < -0.39 is 13.4 Å². The number of piperazine rings is 1. The Kier molecular flexibility index (Phi) is 16.4. The van der Waals surface area contributed by atoms with Crippen LogP contribution in [0.1, 0.15) is 0 Å². The SMILES string of the molecule is CN1CCOP(=S)(OCCN2CCN(CCOP3(=S)OCCN(C)CCN(C)CCO3)CC2)OCCN(C)CC1. The Balaban J connectivity index is 1.33. The molecule has 0 amide bonds. The van der Waals surface area contributed by atoms with Gasteiger partial charge >= 0.3 is 13.4 Å². The minimum absolute atomic E-state index is 0.508. The zero-order valence-corrected chi connectivity index (χ0v) is 28.4. The van der Waals surface area contributed by atoms with Gasteiger partial charge in [0.1, 0.15) is 0 Å². The molecule has 3 rings (SSSR count). The van der Waals surface area contributed by atoms with Crippen LogP contribution >= 0.6 is 13.4 Å². The first-order chi connectivity index (χ1) is 19.1. The van der Waals surface area contributed by atoms with E-state index in [1.54, 1.807) is 0 Å². The van der Waals surface area contributed by atoms with Gasteiger partial charge in [0.25, 0.3) is 0 Å². The highest BCUT2D eigenvalue weighted by Gasteiger charge is 2.25. The molecule has 0 spiro atoms. The summed E-state index contributed by atoms with van der Waals surface area (Å²) < 4.78 is 36.0. The zero-order valence-electron chi connectivity index (χ0n) is 25.0. The van der Waals surface area contributed by atoms with Gasteiger partial charge in [-0.15, -0.1) is 0 Å². The van der Waals surface area contributed by atoms with Crippen LogP contribution in [-0.4, -0.2) is 189 Å². The number of hydrogen-bond donors (Lipinski definition) is 0. The van der Waals surface area contributed by atoms with Crippen LogP contribution in [0.5, 0.6) is 0 Å². The lowest BCUT2D eigenvalue weighted by Gasteiger charge is -2.35. The van der Waals surface area contributed by atoms with Crippen LogP contribution < -0.4 is 0 Å². The molecule has 0 aromatic heterocycles. The summed E-state index contributed by atoms with van der Waals surface area (Å²) in [6.07, 6.45) is 0. The van der Waals surface area contributed by atoms with Crippen molar-refractivity contribution in [2.75, 3.05) is 159 Å². The minimum Gasteiger partial charge on any atom is -0.307 e. The maximum Gasteiger partial charge on any atom is 0.327 e. The lowest BCUT2D eigenvalue weighted by Crippen LogP contribution is -2.48. The Morgan fingerprint density at radius 2 is 0.750 bits per heavy atom. The predicted octanol–water partition coefficient (Wildman–Crippen LogP) is 0.907. The molecule has 16 heteroatoms. The van der Waals surface area contributed by atoms with Crippen molar-refractivity contribution in [1.29, 1.82) is 0 Å². The third-order valence-corrected chi connectivity index (χ3v) is 12.3. The smallest absolute Gasteiger partial charge is 0.307 e. The molecule has 0 aromatic rings. The quantitative estimate of drug-likeness (QED) is 0.351. The topological polar surface area (TPSA) is 74.8 Å². The molecule has 3 saturated heterocycles. The first-order valence-electron chi connectivity index (χ1n) is 14.4. The van der Waals surface area contributed by atoms with E-state index in [1.165, 1.54) is 0 Å². The highest BCUT2D eigenvalue weighted by atomic mass is 32.5. The van der Waals surface area contributed by atoms with Crippen LogP contribution in [0.4, 0.5) is 0 Å². The molecule has 0 unspecified atom stereocenters. The highest BCUT2D eigenvalue weighted by Crippen LogP contribution is 2.50. The van der Waals surface area contributed by atoms with Crippen molar-refractivity contribution in [1.82, 2.24) is 29.4 Å². The number of rotatable bonds is 8. The molecular weight excluding hydrogens is 594 g/mol. The molecule has 0 saturated carbocycles. The third kappa shape index (κ3) is 14.1. The van der Waals surface area contributed by atoms with Crippen LogP contribution in [0.3, 0.4) is 0 Å². The van der Waals surface area contributed by atoms with E-state index in [2.05, 4.69) is 57.6 Å². The van der Waals surface area contributed by atoms with Crippen molar-refractivity contribution in [3.05, 3.63) is 0 Å². The van der Waals surface area contributed by atoms with E-state index in [1.807, 2.05) is 0 Å². The second kappa shape index (κ2) is 18.6. The molecule has 236 valence electrons. The molecule has 0 N–H and O–H groups in total. The molecule has 0 aromatic carbocycles. The molecule has 0 bridgehead atoms. The lowest BCUT2D eigenvalue weighted by atomic mass is 10.3. The van der Waals surface area contributed by atoms with Crippen LogP contribution in [0.15, 0.2) is 0 Å². The van der Waals surface area contributed by atoms with E-state index in [0.29, 0.717) is 39.6 Å². The van der Waals surface area contributed by atoms with Gasteiger partial charge in [0.2, 0.25) is 0 Å². The van der Waals surface area contributed by atoms with E-state index in [4.69, 9.17) is 50.8 Å². The van der Waals surface area contributed by atoms with Crippen molar-refractivity contribution in [2.45, 2.75) is 0 Å². The van der Waals surface area contributed by atoms with E-state index >= 15 is 0 Å². The van der Waals surface area contributed by atoms with Gasteiger partial charge < -0.3 is 46.7 Å². The molecule has 40 heavy (non-hydrogen) atoms. The van der Waals surface area contributed by atoms with Crippen LogP contribution in [0.25, 0.3) is 0 Å². The molecule has 12 nitrogen and oxygen atoms in total. The summed E-state index contributed by atoms with van der Waals surface area (Å²) >= 11 is 11.4. The monoisotopic (exact) mass is 646 g/mol. The van der Waals surface area contributed by atoms with E-state index in [-0.39, 0.29) is 0 Å². The summed E-state index contributed by atoms with van der Waals surface area (Å²) in [5, 5.41) is 0. The molecule has 3 fully saturated rings. The van der Waals surface area contributed by atoms with Gasteiger partial charge in [-0.2, -0.15) is 0 Å². The summed E-state index contributed by atoms with van der Waals surface area (Å²) in [4.78, 5) is 13.8. The Morgan fingerprint density at radius 3 is 1.02 bits per heavy atom. The molecular formula is C24H52N6O6P2S2. The van der Waals surface area contributed by atoms with Gasteiger partial charge in [0.15, 0.2) is 0 Å². The molecule has 0 aliphatic carbocycles. The van der Waals surface area contributed by atoms with Gasteiger partial charge in [-0.25, -0.2) is 0 Å². The molecule has 0 radical (unpaired) electrons. The average Bonchev–Trinajstić information content (AvgIpc) is 2.95. The molecule has 0 atom stereocenters. The average molecular weight is 647 g/mol. The normalized spacial score (nSPS) is 27.1. The van der Waals surface area contributed by atoms with Crippen molar-refractivity contribution in [2.24, 2.45) is 0 Å². The summed E-state index contributed by atoms with van der Waals surface area (Å²) in [5.41, 5.74) is 0. The van der Waals surface area contributed by atoms with Gasteiger partial charge in [-0.1, -0.05) is 0 Å². The maximum absolute atomic E-state index is 6.07. The van der Waals surface area contributed by atoms with E-state index in [0.717, 1.165) is 91.6 Å². The lowest BCUT2D eigenvalue weighted by molar-refractivity contribution is 0.0860. The van der Waals surface area contributed by atoms with Gasteiger partial charge in [0, 0.05) is 91.6 Å². The van der Waals surface area contributed by atoms with Crippen molar-refractivity contribution >= 4 is 37.1 Å². The van der Waals surface area contributed by atoms with Crippen molar-refractivity contribution < 1.29 is 27.1 Å². The van der Waals surface area contributed by atoms with E-state index in [9.17, 15) is 0 Å². The van der Waals surface area contributed by atoms with Crippen LogP contribution in [-0.2, 0) is 50.8 Å². The fourth-order valence-corrected chi connectivity index (χ4v) is 8.01. The fraction of sp³-hybridized carbons (Fsp3) is 1.00. The molecule has 3 aliphatic rings. The number of nitrogens with zero attached hydrogens (tertiary/aromatic N) is 6. The Morgan fingerprint density at radius 1 is 0.475 bits per heavy atom. The van der Waals surface area contributed by atoms with Crippen molar-refractivity contribution in [3.8, 4) is 0 Å². The summed E-state index contributed by atoms with van der Waals surface area (Å²) in [5.74, 6) is 0. The van der Waals surface area contributed by atoms with Crippen LogP contribution in [0, 0.1) is 0 Å². The Hall–Kier alpha value is 0.820. The fourth-order valence-electron chi connectivity index (χ4n) is 4.39. The Bertz CT molecular complexity index is 712. The third-order valence-electron chi connectivity index (χ3n) is 7.40. The summed E-state index contributed by atoms with van der Waals surface area (Å²) in [6.45, 7) is 10.3. The second-order valence-electron chi connectivity index (χ2n) is 10.8. The zero-order chi connectivity index (χ0) is 28.8. The second-order valence-corrected chi connectivity index (χ2v) is 16.8. The van der Waals surface area contributed by atoms with Gasteiger partial charge in [-0.3, -0.25) is 9.80 Å². The largest absolute Gasteiger partial charge is 0.327 e. The first kappa shape index (κ1) is 35.3. The maximum atomic E-state index is 6.07. The van der Waals surface area contributed by atoms with Crippen LogP contribution in [0.2, 0.25) is 0 Å². The van der Waals surface area contributed by atoms with Gasteiger partial charge in [0.05, 0.1) is 39.6 Å². The van der Waals surface area contributed by atoms with Gasteiger partial charge in [-0.05, 0) is 51.8 Å². The standard InChI is InChI=1S/C24H52N6O6P2S2/c1-25-5-6-26(2)14-20-32-37(39,31-19-13-25)35-23-17-29-9-11-30(12-10-29)18-24-36-38(40)33-21-15-27(3)7-8-28(4)16-22-34-38/h5-24H2,1-4H3. The Labute approximate surface area is 252 Å². The predicted molar refractivity (Wildman–Crippen MR) is 167 cm³/mol. The van der Waals surface area contributed by atoms with Crippen molar-refractivity contribution in [3.63, 3.8) is 0 Å². The summed E-state index contributed by atoms with van der Waals surface area (Å²) in [6, 6.07) is 0. The molecule has 3 aliphatic heterocycles. The molecule has 3 heterocycles.